The van der Waals surface area contributed by atoms with Crippen LogP contribution in [-0.4, -0.2) is 47.6 Å². The first kappa shape index (κ1) is 29.0. The molecule has 4 aromatic rings. The van der Waals surface area contributed by atoms with Crippen LogP contribution in [-0.2, 0) is 26.6 Å². The van der Waals surface area contributed by atoms with Crippen LogP contribution in [0.3, 0.4) is 0 Å². The first-order valence-corrected chi connectivity index (χ1v) is 14.4. The summed E-state index contributed by atoms with van der Waals surface area (Å²) in [6.07, 6.45) is 0.0120. The molecule has 3 aromatic carbocycles. The molecule has 0 amide bonds. The Morgan fingerprint density at radius 3 is 2.46 bits per heavy atom. The summed E-state index contributed by atoms with van der Waals surface area (Å²) in [5.74, 6) is -1.03. The molecule has 0 fully saturated rings. The highest BCUT2D eigenvalue weighted by Crippen LogP contribution is 2.45. The van der Waals surface area contributed by atoms with Crippen LogP contribution in [0.5, 0.6) is 0 Å². The van der Waals surface area contributed by atoms with Gasteiger partial charge in [-0.3, -0.25) is 4.57 Å². The molecular formula is C29H32ClN2O6P. The molecule has 0 bridgehead atoms. The second-order valence-electron chi connectivity index (χ2n) is 9.43. The normalized spacial score (nSPS) is 13.5. The van der Waals surface area contributed by atoms with Crippen LogP contribution in [0.4, 0.5) is 0 Å². The molecule has 0 aliphatic heterocycles. The molecule has 1 aromatic heterocycles. The summed E-state index contributed by atoms with van der Waals surface area (Å²) in [4.78, 5) is 12.1. The van der Waals surface area contributed by atoms with E-state index < -0.39 is 19.7 Å². The number of nitrogens with zero attached hydrogens (tertiary/aromatic N) is 1. The van der Waals surface area contributed by atoms with Gasteiger partial charge in [0.15, 0.2) is 0 Å². The molecule has 2 atom stereocenters. The molecule has 0 radical (unpaired) electrons. The summed E-state index contributed by atoms with van der Waals surface area (Å²) in [7, 11) is -0.779. The third kappa shape index (κ3) is 6.79. The Bertz CT molecular complexity index is 1510. The molecule has 206 valence electrons. The van der Waals surface area contributed by atoms with Gasteiger partial charge in [0.2, 0.25) is 0 Å². The molecule has 4 rings (SSSR count). The average Bonchev–Trinajstić information content (AvgIpc) is 3.29. The number of halogens is 1. The van der Waals surface area contributed by atoms with E-state index in [1.807, 2.05) is 43.3 Å². The number of nitrogens with one attached hydrogen (secondary N) is 1. The molecule has 1 heterocycles. The van der Waals surface area contributed by atoms with Gasteiger partial charge in [-0.05, 0) is 72.5 Å². The number of aliphatic hydroxyl groups excluding tert-OH is 1. The summed E-state index contributed by atoms with van der Waals surface area (Å²) < 4.78 is 24.8. The van der Waals surface area contributed by atoms with Gasteiger partial charge in [0.05, 0.1) is 11.4 Å². The number of carboxylic acids is 1. The van der Waals surface area contributed by atoms with Crippen LogP contribution in [0.1, 0.15) is 40.2 Å². The van der Waals surface area contributed by atoms with Crippen LogP contribution >= 0.6 is 19.2 Å². The molecule has 0 saturated carbocycles. The van der Waals surface area contributed by atoms with Crippen LogP contribution < -0.4 is 10.6 Å². The van der Waals surface area contributed by atoms with Gasteiger partial charge in [-0.1, -0.05) is 41.9 Å². The molecule has 0 aliphatic carbocycles. The van der Waals surface area contributed by atoms with Gasteiger partial charge in [0.25, 0.3) is 0 Å². The first-order chi connectivity index (χ1) is 18.6. The molecular weight excluding hydrogens is 539 g/mol. The van der Waals surface area contributed by atoms with Crippen LogP contribution in [0.15, 0.2) is 72.8 Å². The number of carbonyl (C=O) groups is 1. The number of aromatic carboxylic acids is 1. The number of carboxylic acid groups (broad SMARTS) is 1. The van der Waals surface area contributed by atoms with E-state index in [1.165, 1.54) is 14.2 Å². The molecule has 0 aliphatic rings. The van der Waals surface area contributed by atoms with Crippen molar-refractivity contribution >= 4 is 41.4 Å². The minimum Gasteiger partial charge on any atom is -0.477 e. The molecule has 39 heavy (non-hydrogen) atoms. The second-order valence-corrected chi connectivity index (χ2v) is 12.1. The number of rotatable bonds is 12. The van der Waals surface area contributed by atoms with Crippen LogP contribution in [0.25, 0.3) is 10.9 Å². The van der Waals surface area contributed by atoms with Crippen molar-refractivity contribution in [1.82, 2.24) is 9.88 Å². The van der Waals surface area contributed by atoms with Crippen molar-refractivity contribution in [3.63, 3.8) is 0 Å². The summed E-state index contributed by atoms with van der Waals surface area (Å²) in [5.41, 5.74) is 3.49. The molecule has 8 nitrogen and oxygen atoms in total. The summed E-state index contributed by atoms with van der Waals surface area (Å²) in [5, 5.41) is 25.5. The van der Waals surface area contributed by atoms with Gasteiger partial charge in [-0.2, -0.15) is 0 Å². The van der Waals surface area contributed by atoms with E-state index in [-0.39, 0.29) is 18.3 Å². The molecule has 3 N–H and O–H groups in total. The fourth-order valence-corrected chi connectivity index (χ4v) is 6.02. The largest absolute Gasteiger partial charge is 0.477 e. The van der Waals surface area contributed by atoms with Gasteiger partial charge >= 0.3 is 13.6 Å². The van der Waals surface area contributed by atoms with E-state index in [0.29, 0.717) is 23.3 Å². The van der Waals surface area contributed by atoms with E-state index in [1.54, 1.807) is 41.0 Å². The Labute approximate surface area is 232 Å². The van der Waals surface area contributed by atoms with Gasteiger partial charge in [-0.25, -0.2) is 4.79 Å². The number of aliphatic hydroxyl groups is 1. The Morgan fingerprint density at radius 1 is 1.03 bits per heavy atom. The monoisotopic (exact) mass is 570 g/mol. The number of hydrogen-bond acceptors (Lipinski definition) is 6. The Balaban J connectivity index is 1.52. The maximum atomic E-state index is 12.8. The summed E-state index contributed by atoms with van der Waals surface area (Å²) >= 11 is 6.03. The van der Waals surface area contributed by atoms with Crippen LogP contribution in [0.2, 0.25) is 5.02 Å². The lowest BCUT2D eigenvalue weighted by Crippen LogP contribution is -2.32. The number of aromatic nitrogens is 1. The topological polar surface area (TPSA) is 110 Å². The van der Waals surface area contributed by atoms with Gasteiger partial charge in [0.1, 0.15) is 5.69 Å². The summed E-state index contributed by atoms with van der Waals surface area (Å²) in [6, 6.07) is 21.8. The summed E-state index contributed by atoms with van der Waals surface area (Å²) in [6.45, 7) is 2.68. The zero-order valence-corrected chi connectivity index (χ0v) is 23.7. The highest BCUT2D eigenvalue weighted by atomic mass is 35.5. The molecule has 10 heteroatoms. The number of benzene rings is 3. The SMILES string of the molecule is COP(=O)(OC)c1cccc(Cn2c(C(=O)O)cc3cc(CC(C)NCC(O)c4cccc(Cl)c4)ccc32)c1. The Hall–Kier alpha value is -2.97. The van der Waals surface area contributed by atoms with E-state index in [4.69, 9.17) is 20.6 Å². The Morgan fingerprint density at radius 2 is 1.77 bits per heavy atom. The fourth-order valence-electron chi connectivity index (χ4n) is 4.66. The minimum absolute atomic E-state index is 0.0670. The average molecular weight is 571 g/mol. The van der Waals surface area contributed by atoms with Gasteiger partial charge < -0.3 is 29.1 Å². The quantitative estimate of drug-likeness (QED) is 0.195. The third-order valence-electron chi connectivity index (χ3n) is 6.67. The van der Waals surface area contributed by atoms with E-state index in [9.17, 15) is 19.6 Å². The van der Waals surface area contributed by atoms with E-state index in [0.717, 1.165) is 27.6 Å². The van der Waals surface area contributed by atoms with Crippen LogP contribution in [0, 0.1) is 0 Å². The van der Waals surface area contributed by atoms with Crippen molar-refractivity contribution in [3.8, 4) is 0 Å². The maximum absolute atomic E-state index is 12.8. The third-order valence-corrected chi connectivity index (χ3v) is 8.78. The van der Waals surface area contributed by atoms with Gasteiger partial charge in [0, 0.05) is 49.3 Å². The molecule has 0 saturated heterocycles. The highest BCUT2D eigenvalue weighted by molar-refractivity contribution is 7.62. The highest BCUT2D eigenvalue weighted by Gasteiger charge is 2.25. The second kappa shape index (κ2) is 12.5. The van der Waals surface area contributed by atoms with E-state index >= 15 is 0 Å². The lowest BCUT2D eigenvalue weighted by molar-refractivity contribution is 0.0686. The standard InChI is InChI=1S/C29H32ClN2O6P/c1-19(31-17-28(33)22-7-5-8-24(30)15-22)12-20-10-11-26-23(13-20)16-27(29(34)35)32(26)18-21-6-4-9-25(14-21)39(36,37-2)38-3/h4-11,13-16,19,28,31,33H,12,17-18H2,1-3H3,(H,34,35). The van der Waals surface area contributed by atoms with Crippen molar-refractivity contribution in [2.75, 3.05) is 20.8 Å². The smallest absolute Gasteiger partial charge is 0.360 e. The number of fused-ring (bicyclic) bond motifs is 1. The van der Waals surface area contributed by atoms with Crippen molar-refractivity contribution in [2.45, 2.75) is 32.0 Å². The molecule has 2 unspecified atom stereocenters. The van der Waals surface area contributed by atoms with Crippen molar-refractivity contribution in [1.29, 1.82) is 0 Å². The lowest BCUT2D eigenvalue weighted by Gasteiger charge is -2.18. The zero-order valence-electron chi connectivity index (χ0n) is 22.0. The number of hydrogen-bond donors (Lipinski definition) is 3. The predicted octanol–water partition coefficient (Wildman–Crippen LogP) is 5.41. The lowest BCUT2D eigenvalue weighted by atomic mass is 10.0. The van der Waals surface area contributed by atoms with Crippen molar-refractivity contribution in [2.24, 2.45) is 0 Å². The van der Waals surface area contributed by atoms with Crippen molar-refractivity contribution in [3.05, 3.63) is 100 Å². The van der Waals surface area contributed by atoms with E-state index in [2.05, 4.69) is 5.32 Å². The van der Waals surface area contributed by atoms with Crippen molar-refractivity contribution < 1.29 is 28.6 Å². The molecule has 0 spiro atoms. The minimum atomic E-state index is -3.43. The first-order valence-electron chi connectivity index (χ1n) is 12.5. The maximum Gasteiger partial charge on any atom is 0.360 e. The fraction of sp³-hybridized carbons (Fsp3) is 0.276. The van der Waals surface area contributed by atoms with Gasteiger partial charge in [-0.15, -0.1) is 0 Å². The predicted molar refractivity (Wildman–Crippen MR) is 153 cm³/mol. The Kier molecular flexibility index (Phi) is 9.28. The zero-order chi connectivity index (χ0) is 28.2.